The number of pyridine rings is 1. The third kappa shape index (κ3) is 4.42. The Balaban J connectivity index is 2.10. The zero-order valence-corrected chi connectivity index (χ0v) is 16.3. The van der Waals surface area contributed by atoms with Gasteiger partial charge in [0.15, 0.2) is 9.84 Å². The molecule has 9 heteroatoms. The minimum absolute atomic E-state index is 0.0113. The topological polar surface area (TPSA) is 93.6 Å². The van der Waals surface area contributed by atoms with E-state index in [0.29, 0.717) is 20.8 Å². The van der Waals surface area contributed by atoms with Gasteiger partial charge in [0.05, 0.1) is 15.8 Å². The van der Waals surface area contributed by atoms with E-state index in [2.05, 4.69) is 20.9 Å². The Morgan fingerprint density at radius 2 is 2.00 bits per heavy atom. The quantitative estimate of drug-likeness (QED) is 0.628. The number of aliphatic carboxylic acids is 1. The minimum Gasteiger partial charge on any atom is -0.481 e. The van der Waals surface area contributed by atoms with Crippen molar-refractivity contribution in [3.05, 3.63) is 58.4 Å². The number of halogens is 2. The molecular formula is C18H13BrFNO5S. The highest BCUT2D eigenvalue weighted by Crippen LogP contribution is 2.35. The highest BCUT2D eigenvalue weighted by molar-refractivity contribution is 9.10. The summed E-state index contributed by atoms with van der Waals surface area (Å²) in [6.45, 7) is 0. The maximum Gasteiger partial charge on any atom is 0.307 e. The average Bonchev–Trinajstić information content (AvgIpc) is 2.55. The lowest BCUT2D eigenvalue weighted by Gasteiger charge is -2.12. The van der Waals surface area contributed by atoms with Gasteiger partial charge in [0, 0.05) is 17.8 Å². The highest BCUT2D eigenvalue weighted by atomic mass is 79.9. The second kappa shape index (κ2) is 7.24. The number of ether oxygens (including phenoxy) is 1. The van der Waals surface area contributed by atoms with Gasteiger partial charge < -0.3 is 9.84 Å². The predicted octanol–water partition coefficient (Wildman–Crippen LogP) is 3.96. The number of hydrogen-bond acceptors (Lipinski definition) is 5. The molecule has 0 amide bonds. The maximum atomic E-state index is 13.7. The number of carbonyl (C=O) groups is 1. The van der Waals surface area contributed by atoms with E-state index in [1.807, 2.05) is 0 Å². The Labute approximate surface area is 162 Å². The van der Waals surface area contributed by atoms with Crippen molar-refractivity contribution < 1.29 is 27.4 Å². The number of carboxylic acids is 1. The van der Waals surface area contributed by atoms with E-state index in [9.17, 15) is 17.6 Å². The van der Waals surface area contributed by atoms with E-state index in [1.165, 1.54) is 30.3 Å². The number of fused-ring (bicyclic) bond motifs is 1. The Bertz CT molecular complexity index is 1160. The number of rotatable bonds is 5. The van der Waals surface area contributed by atoms with Crippen molar-refractivity contribution in [1.29, 1.82) is 0 Å². The van der Waals surface area contributed by atoms with Crippen molar-refractivity contribution in [2.24, 2.45) is 0 Å². The summed E-state index contributed by atoms with van der Waals surface area (Å²) < 4.78 is 43.0. The van der Waals surface area contributed by atoms with Gasteiger partial charge in [0.2, 0.25) is 5.88 Å². The van der Waals surface area contributed by atoms with Crippen molar-refractivity contribution in [3.63, 3.8) is 0 Å². The largest absolute Gasteiger partial charge is 0.481 e. The smallest absolute Gasteiger partial charge is 0.307 e. The molecule has 1 aromatic heterocycles. The average molecular weight is 454 g/mol. The SMILES string of the molecule is CS(=O)(=O)c1cnc(Oc2cc(CC(=O)O)cc3ccc(F)cc23)c(Br)c1. The molecule has 0 aliphatic heterocycles. The van der Waals surface area contributed by atoms with Crippen molar-refractivity contribution in [1.82, 2.24) is 4.98 Å². The number of hydrogen-bond donors (Lipinski definition) is 1. The second-order valence-electron chi connectivity index (χ2n) is 5.86. The van der Waals surface area contributed by atoms with Gasteiger partial charge in [0.25, 0.3) is 0 Å². The molecule has 0 atom stereocenters. The van der Waals surface area contributed by atoms with Gasteiger partial charge >= 0.3 is 5.97 Å². The highest BCUT2D eigenvalue weighted by Gasteiger charge is 2.15. The minimum atomic E-state index is -3.44. The molecule has 0 saturated carbocycles. The molecule has 0 saturated heterocycles. The summed E-state index contributed by atoms with van der Waals surface area (Å²) in [5.74, 6) is -1.21. The molecule has 0 aliphatic rings. The fourth-order valence-corrected chi connectivity index (χ4v) is 3.66. The summed E-state index contributed by atoms with van der Waals surface area (Å²) in [6, 6.07) is 8.55. The van der Waals surface area contributed by atoms with Crippen LogP contribution in [0.2, 0.25) is 0 Å². The molecule has 27 heavy (non-hydrogen) atoms. The Morgan fingerprint density at radius 1 is 1.26 bits per heavy atom. The molecule has 0 fully saturated rings. The lowest BCUT2D eigenvalue weighted by atomic mass is 10.0. The first-order valence-corrected chi connectivity index (χ1v) is 10.3. The molecule has 3 aromatic rings. The molecule has 6 nitrogen and oxygen atoms in total. The maximum absolute atomic E-state index is 13.7. The van der Waals surface area contributed by atoms with E-state index in [4.69, 9.17) is 9.84 Å². The molecule has 0 spiro atoms. The van der Waals surface area contributed by atoms with E-state index in [-0.39, 0.29) is 22.9 Å². The van der Waals surface area contributed by atoms with Crippen LogP contribution in [0, 0.1) is 5.82 Å². The summed E-state index contributed by atoms with van der Waals surface area (Å²) in [5, 5.41) is 10.1. The lowest BCUT2D eigenvalue weighted by Crippen LogP contribution is -2.02. The van der Waals surface area contributed by atoms with Crippen LogP contribution in [0.1, 0.15) is 5.56 Å². The normalized spacial score (nSPS) is 11.5. The molecule has 140 valence electrons. The van der Waals surface area contributed by atoms with Crippen LogP contribution >= 0.6 is 15.9 Å². The molecule has 1 heterocycles. The van der Waals surface area contributed by atoms with Gasteiger partial charge in [-0.1, -0.05) is 12.1 Å². The van der Waals surface area contributed by atoms with Crippen LogP contribution in [-0.2, 0) is 21.1 Å². The van der Waals surface area contributed by atoms with Crippen LogP contribution in [0.5, 0.6) is 11.6 Å². The van der Waals surface area contributed by atoms with Crippen LogP contribution in [0.25, 0.3) is 10.8 Å². The molecule has 0 unspecified atom stereocenters. The van der Waals surface area contributed by atoms with Crippen molar-refractivity contribution in [2.45, 2.75) is 11.3 Å². The summed E-state index contributed by atoms with van der Waals surface area (Å²) in [6.07, 6.45) is 1.98. The molecular weight excluding hydrogens is 441 g/mol. The molecule has 0 radical (unpaired) electrons. The zero-order valence-electron chi connectivity index (χ0n) is 13.9. The first-order valence-electron chi connectivity index (χ1n) is 7.61. The molecule has 2 aromatic carbocycles. The second-order valence-corrected chi connectivity index (χ2v) is 8.73. The summed E-state index contributed by atoms with van der Waals surface area (Å²) in [4.78, 5) is 15.0. The summed E-state index contributed by atoms with van der Waals surface area (Å²) in [7, 11) is -3.44. The lowest BCUT2D eigenvalue weighted by molar-refractivity contribution is -0.136. The standard InChI is InChI=1S/C18H13BrFNO5S/c1-27(24,25)13-8-15(19)18(21-9-13)26-16-5-10(6-17(22)23)4-11-2-3-12(20)7-14(11)16/h2-5,7-9H,6H2,1H3,(H,22,23). The van der Waals surface area contributed by atoms with Gasteiger partial charge in [-0.05, 0) is 51.1 Å². The number of aromatic nitrogens is 1. The van der Waals surface area contributed by atoms with E-state index in [1.54, 1.807) is 6.07 Å². The van der Waals surface area contributed by atoms with Gasteiger partial charge in [-0.3, -0.25) is 4.79 Å². The molecule has 3 rings (SSSR count). The van der Waals surface area contributed by atoms with Crippen LogP contribution < -0.4 is 4.74 Å². The van der Waals surface area contributed by atoms with Gasteiger partial charge in [-0.25, -0.2) is 17.8 Å². The number of carboxylic acid groups (broad SMARTS) is 1. The number of benzene rings is 2. The van der Waals surface area contributed by atoms with E-state index >= 15 is 0 Å². The number of sulfone groups is 1. The predicted molar refractivity (Wildman–Crippen MR) is 100 cm³/mol. The zero-order chi connectivity index (χ0) is 19.8. The van der Waals surface area contributed by atoms with E-state index in [0.717, 1.165) is 12.5 Å². The van der Waals surface area contributed by atoms with Crippen LogP contribution in [0.15, 0.2) is 52.0 Å². The number of nitrogens with zero attached hydrogens (tertiary/aromatic N) is 1. The van der Waals surface area contributed by atoms with Gasteiger partial charge in [0.1, 0.15) is 11.6 Å². The fraction of sp³-hybridized carbons (Fsp3) is 0.111. The monoisotopic (exact) mass is 453 g/mol. The van der Waals surface area contributed by atoms with E-state index < -0.39 is 21.6 Å². The molecule has 0 bridgehead atoms. The molecule has 0 aliphatic carbocycles. The van der Waals surface area contributed by atoms with Crippen molar-refractivity contribution in [3.8, 4) is 11.6 Å². The van der Waals surface area contributed by atoms with Crippen molar-refractivity contribution >= 4 is 42.5 Å². The van der Waals surface area contributed by atoms with Gasteiger partial charge in [-0.15, -0.1) is 0 Å². The fourth-order valence-electron chi connectivity index (χ4n) is 2.51. The van der Waals surface area contributed by atoms with Crippen molar-refractivity contribution in [2.75, 3.05) is 6.26 Å². The first-order chi connectivity index (χ1) is 12.6. The third-order valence-corrected chi connectivity index (χ3v) is 5.36. The summed E-state index contributed by atoms with van der Waals surface area (Å²) in [5.41, 5.74) is 0.473. The Kier molecular flexibility index (Phi) is 5.16. The van der Waals surface area contributed by atoms with Crippen LogP contribution in [-0.4, -0.2) is 30.7 Å². The first kappa shape index (κ1) is 19.2. The Morgan fingerprint density at radius 3 is 2.63 bits per heavy atom. The third-order valence-electron chi connectivity index (χ3n) is 3.71. The van der Waals surface area contributed by atoms with Crippen LogP contribution in [0.3, 0.4) is 0 Å². The summed E-state index contributed by atoms with van der Waals surface area (Å²) >= 11 is 3.21. The Hall–Kier alpha value is -2.52. The van der Waals surface area contributed by atoms with Crippen LogP contribution in [0.4, 0.5) is 4.39 Å². The van der Waals surface area contributed by atoms with Gasteiger partial charge in [-0.2, -0.15) is 0 Å². The molecule has 1 N–H and O–H groups in total.